The average Bonchev–Trinajstić information content (AvgIpc) is 3.21. The van der Waals surface area contributed by atoms with Crippen LogP contribution in [0.4, 0.5) is 17.1 Å². The van der Waals surface area contributed by atoms with Crippen LogP contribution in [-0.4, -0.2) is 67.1 Å². The molecule has 2 heterocycles. The Morgan fingerprint density at radius 1 is 1.00 bits per heavy atom. The number of anilines is 2. The second kappa shape index (κ2) is 11.4. The van der Waals surface area contributed by atoms with Gasteiger partial charge in [-0.15, -0.1) is 0 Å². The molecule has 2 aliphatic rings. The monoisotopic (exact) mass is 569 g/mol. The van der Waals surface area contributed by atoms with Gasteiger partial charge in [-0.1, -0.05) is 71.2 Å². The number of likely N-dealkylation sites (N-methyl/N-ethyl adjacent to an activating group) is 1. The standard InChI is InChI=1S/C28H26Cl3N5O2/c1-35-9-11-36(12-10-35)16-24(37)34-27-21(30)14-19(15-22(27)31)32-26(17-5-3-2-4-6-17)25-20-8-7-18(29)13-23(20)33-28(25)38/h2-8,13-15,25H,9-12,16H2,1H3,(H,33,38)(H,34,37). The van der Waals surface area contributed by atoms with Gasteiger partial charge < -0.3 is 15.5 Å². The van der Waals surface area contributed by atoms with Gasteiger partial charge in [0.05, 0.1) is 33.7 Å². The van der Waals surface area contributed by atoms with E-state index in [0.717, 1.165) is 37.3 Å². The van der Waals surface area contributed by atoms with E-state index in [9.17, 15) is 9.59 Å². The molecular formula is C28H26Cl3N5O2. The Morgan fingerprint density at radius 2 is 1.68 bits per heavy atom. The van der Waals surface area contributed by atoms with Gasteiger partial charge >= 0.3 is 0 Å². The SMILES string of the molecule is CN1CCN(CC(=O)Nc2c(Cl)cc(N=C(c3ccccc3)C3C(=O)Nc4cc(Cl)ccc43)cc2Cl)CC1. The maximum absolute atomic E-state index is 13.1. The van der Waals surface area contributed by atoms with Crippen molar-refractivity contribution in [3.05, 3.63) is 86.9 Å². The number of piperazine rings is 1. The third-order valence-electron chi connectivity index (χ3n) is 6.69. The van der Waals surface area contributed by atoms with E-state index in [1.54, 1.807) is 24.3 Å². The average molecular weight is 571 g/mol. The van der Waals surface area contributed by atoms with Gasteiger partial charge in [-0.25, -0.2) is 0 Å². The highest BCUT2D eigenvalue weighted by Gasteiger charge is 2.35. The van der Waals surface area contributed by atoms with Crippen molar-refractivity contribution in [2.45, 2.75) is 5.92 Å². The molecule has 0 spiro atoms. The summed E-state index contributed by atoms with van der Waals surface area (Å²) in [6.07, 6.45) is 0. The lowest BCUT2D eigenvalue weighted by molar-refractivity contribution is -0.118. The van der Waals surface area contributed by atoms with Gasteiger partial charge in [0.25, 0.3) is 0 Å². The molecule has 0 radical (unpaired) electrons. The number of carbonyl (C=O) groups excluding carboxylic acids is 2. The van der Waals surface area contributed by atoms with Crippen LogP contribution in [0.3, 0.4) is 0 Å². The molecular weight excluding hydrogens is 545 g/mol. The van der Waals surface area contributed by atoms with Crippen molar-refractivity contribution in [2.24, 2.45) is 4.99 Å². The molecule has 3 aromatic rings. The maximum Gasteiger partial charge on any atom is 0.238 e. The number of halogens is 3. The minimum absolute atomic E-state index is 0.183. The van der Waals surface area contributed by atoms with Crippen molar-refractivity contribution in [3.8, 4) is 0 Å². The normalized spacial score (nSPS) is 18.3. The Kier molecular flexibility index (Phi) is 8.02. The summed E-state index contributed by atoms with van der Waals surface area (Å²) in [5.74, 6) is -1.03. The molecule has 2 N–H and O–H groups in total. The summed E-state index contributed by atoms with van der Waals surface area (Å²) in [7, 11) is 2.07. The molecule has 0 aromatic heterocycles. The molecule has 38 heavy (non-hydrogen) atoms. The molecule has 2 amide bonds. The third kappa shape index (κ3) is 5.87. The van der Waals surface area contributed by atoms with E-state index in [0.29, 0.717) is 27.8 Å². The zero-order valence-corrected chi connectivity index (χ0v) is 22.9. The number of fused-ring (bicyclic) bond motifs is 1. The van der Waals surface area contributed by atoms with Gasteiger partial charge in [0.15, 0.2) is 0 Å². The number of amides is 2. The molecule has 1 atom stereocenters. The number of carbonyl (C=O) groups is 2. The van der Waals surface area contributed by atoms with Gasteiger partial charge in [0, 0.05) is 36.9 Å². The maximum atomic E-state index is 13.1. The lowest BCUT2D eigenvalue weighted by Gasteiger charge is -2.31. The van der Waals surface area contributed by atoms with E-state index in [1.165, 1.54) is 0 Å². The van der Waals surface area contributed by atoms with E-state index in [1.807, 2.05) is 36.4 Å². The van der Waals surface area contributed by atoms with Crippen molar-refractivity contribution < 1.29 is 9.59 Å². The summed E-state index contributed by atoms with van der Waals surface area (Å²) in [5.41, 5.74) is 3.57. The number of hydrogen-bond donors (Lipinski definition) is 2. The van der Waals surface area contributed by atoms with Crippen molar-refractivity contribution in [1.82, 2.24) is 9.80 Å². The highest BCUT2D eigenvalue weighted by atomic mass is 35.5. The molecule has 1 fully saturated rings. The number of nitrogens with one attached hydrogen (secondary N) is 2. The Balaban J connectivity index is 1.44. The lowest BCUT2D eigenvalue weighted by atomic mass is 9.90. The van der Waals surface area contributed by atoms with Gasteiger partial charge in [-0.3, -0.25) is 19.5 Å². The Bertz CT molecular complexity index is 1380. The highest BCUT2D eigenvalue weighted by molar-refractivity contribution is 6.40. The molecule has 0 aliphatic carbocycles. The first kappa shape index (κ1) is 26.7. The largest absolute Gasteiger partial charge is 0.325 e. The van der Waals surface area contributed by atoms with Gasteiger partial charge in [0.2, 0.25) is 11.8 Å². The second-order valence-corrected chi connectivity index (χ2v) is 10.7. The van der Waals surface area contributed by atoms with E-state index in [-0.39, 0.29) is 28.4 Å². The van der Waals surface area contributed by atoms with Crippen LogP contribution < -0.4 is 10.6 Å². The smallest absolute Gasteiger partial charge is 0.238 e. The van der Waals surface area contributed by atoms with Crippen LogP contribution in [0.2, 0.25) is 15.1 Å². The van der Waals surface area contributed by atoms with Crippen molar-refractivity contribution in [2.75, 3.05) is 50.4 Å². The summed E-state index contributed by atoms with van der Waals surface area (Å²) in [6, 6.07) is 18.1. The van der Waals surface area contributed by atoms with Gasteiger partial charge in [-0.2, -0.15) is 0 Å². The fourth-order valence-electron chi connectivity index (χ4n) is 4.68. The molecule has 0 saturated carbocycles. The molecule has 1 unspecified atom stereocenters. The molecule has 10 heteroatoms. The van der Waals surface area contributed by atoms with E-state index >= 15 is 0 Å². The molecule has 1 saturated heterocycles. The minimum atomic E-state index is -0.648. The highest BCUT2D eigenvalue weighted by Crippen LogP contribution is 2.39. The molecule has 7 nitrogen and oxygen atoms in total. The zero-order chi connectivity index (χ0) is 26.8. The molecule has 5 rings (SSSR count). The van der Waals surface area contributed by atoms with E-state index in [4.69, 9.17) is 39.8 Å². The first-order valence-corrected chi connectivity index (χ1v) is 13.4. The van der Waals surface area contributed by atoms with E-state index < -0.39 is 5.92 Å². The number of nitrogens with zero attached hydrogens (tertiary/aromatic N) is 3. The quantitative estimate of drug-likeness (QED) is 0.373. The van der Waals surface area contributed by atoms with Crippen LogP contribution in [0.15, 0.2) is 65.7 Å². The number of aliphatic imine (C=N–C) groups is 1. The molecule has 196 valence electrons. The summed E-state index contributed by atoms with van der Waals surface area (Å²) in [5, 5.41) is 6.81. The van der Waals surface area contributed by atoms with Crippen LogP contribution in [0.1, 0.15) is 17.0 Å². The predicted octanol–water partition coefficient (Wildman–Crippen LogP) is 5.69. The Hall–Kier alpha value is -2.94. The fourth-order valence-corrected chi connectivity index (χ4v) is 5.42. The number of benzene rings is 3. The van der Waals surface area contributed by atoms with Crippen molar-refractivity contribution in [3.63, 3.8) is 0 Å². The lowest BCUT2D eigenvalue weighted by Crippen LogP contribution is -2.47. The van der Waals surface area contributed by atoms with Crippen LogP contribution in [0.25, 0.3) is 0 Å². The molecule has 2 aliphatic heterocycles. The minimum Gasteiger partial charge on any atom is -0.325 e. The second-order valence-electron chi connectivity index (χ2n) is 9.43. The van der Waals surface area contributed by atoms with Gasteiger partial charge in [-0.05, 0) is 42.4 Å². The summed E-state index contributed by atoms with van der Waals surface area (Å²) in [6.45, 7) is 3.75. The predicted molar refractivity (Wildman–Crippen MR) is 154 cm³/mol. The first-order valence-electron chi connectivity index (χ1n) is 12.2. The summed E-state index contributed by atoms with van der Waals surface area (Å²) < 4.78 is 0. The third-order valence-corrected chi connectivity index (χ3v) is 7.52. The van der Waals surface area contributed by atoms with Crippen molar-refractivity contribution >= 4 is 69.4 Å². The zero-order valence-electron chi connectivity index (χ0n) is 20.7. The van der Waals surface area contributed by atoms with Crippen LogP contribution in [0, 0.1) is 0 Å². The summed E-state index contributed by atoms with van der Waals surface area (Å²) in [4.78, 5) is 35.0. The summed E-state index contributed by atoms with van der Waals surface area (Å²) >= 11 is 19.3. The van der Waals surface area contributed by atoms with Crippen LogP contribution in [0.5, 0.6) is 0 Å². The molecule has 0 bridgehead atoms. The fraction of sp³-hybridized carbons (Fsp3) is 0.250. The van der Waals surface area contributed by atoms with Crippen molar-refractivity contribution in [1.29, 1.82) is 0 Å². The van der Waals surface area contributed by atoms with Crippen LogP contribution in [-0.2, 0) is 9.59 Å². The van der Waals surface area contributed by atoms with Gasteiger partial charge in [0.1, 0.15) is 5.92 Å². The van der Waals surface area contributed by atoms with Crippen LogP contribution >= 0.6 is 34.8 Å². The number of hydrogen-bond acceptors (Lipinski definition) is 5. The first-order chi connectivity index (χ1) is 18.3. The topological polar surface area (TPSA) is 77.0 Å². The Labute approximate surface area is 236 Å². The van der Waals surface area contributed by atoms with E-state index in [2.05, 4.69) is 27.5 Å². The Morgan fingerprint density at radius 3 is 2.37 bits per heavy atom. The molecule has 3 aromatic carbocycles. The number of rotatable bonds is 6.